The van der Waals surface area contributed by atoms with Gasteiger partial charge in [-0.3, -0.25) is 0 Å². The van der Waals surface area contributed by atoms with E-state index >= 15 is 0 Å². The molecule has 25 heavy (non-hydrogen) atoms. The normalized spacial score (nSPS) is 11.1. The fourth-order valence-corrected chi connectivity index (χ4v) is 3.54. The van der Waals surface area contributed by atoms with Gasteiger partial charge >= 0.3 is 0 Å². The van der Waals surface area contributed by atoms with E-state index in [1.807, 2.05) is 16.8 Å². The van der Waals surface area contributed by atoms with Crippen LogP contribution in [-0.2, 0) is 5.75 Å². The number of aryl methyl sites for hydroxylation is 1. The molecule has 0 aliphatic rings. The van der Waals surface area contributed by atoms with Crippen LogP contribution in [0.15, 0.2) is 72.0 Å². The van der Waals surface area contributed by atoms with E-state index in [1.54, 1.807) is 30.1 Å². The fraction of sp³-hybridized carbons (Fsp3) is 0.100. The Bertz CT molecular complexity index is 1010. The Labute approximate surface area is 149 Å². The molecule has 0 saturated heterocycles. The first-order chi connectivity index (χ1) is 12.2. The summed E-state index contributed by atoms with van der Waals surface area (Å²) < 4.78 is 14.9. The molecule has 0 bridgehead atoms. The molecule has 0 aliphatic carbocycles. The van der Waals surface area contributed by atoms with Crippen molar-refractivity contribution in [2.24, 2.45) is 0 Å². The average Bonchev–Trinajstić information content (AvgIpc) is 3.06. The van der Waals surface area contributed by atoms with Gasteiger partial charge in [0.2, 0.25) is 0 Å². The van der Waals surface area contributed by atoms with Crippen LogP contribution in [0.4, 0.5) is 4.39 Å². The first-order valence-electron chi connectivity index (χ1n) is 7.98. The van der Waals surface area contributed by atoms with Gasteiger partial charge in [0, 0.05) is 23.7 Å². The molecular formula is C20H16FN3S. The van der Waals surface area contributed by atoms with E-state index in [9.17, 15) is 4.39 Å². The van der Waals surface area contributed by atoms with Crippen LogP contribution in [0.2, 0.25) is 0 Å². The molecule has 0 fully saturated rings. The minimum Gasteiger partial charge on any atom is -0.246 e. The molecule has 0 amide bonds. The zero-order valence-electron chi connectivity index (χ0n) is 13.7. The van der Waals surface area contributed by atoms with Crippen LogP contribution in [0, 0.1) is 12.7 Å². The fourth-order valence-electron chi connectivity index (χ4n) is 2.61. The van der Waals surface area contributed by atoms with Crippen molar-refractivity contribution < 1.29 is 4.39 Å². The number of hydrogen-bond donors (Lipinski definition) is 0. The lowest BCUT2D eigenvalue weighted by Gasteiger charge is -2.03. The summed E-state index contributed by atoms with van der Waals surface area (Å²) >= 11 is 1.69. The molecule has 5 heteroatoms. The van der Waals surface area contributed by atoms with Crippen LogP contribution < -0.4 is 0 Å². The number of hydrogen-bond acceptors (Lipinski definition) is 3. The number of benzene rings is 2. The lowest BCUT2D eigenvalue weighted by atomic mass is 10.1. The number of nitrogens with zero attached hydrogens (tertiary/aromatic N) is 3. The molecular weight excluding hydrogens is 333 g/mol. The lowest BCUT2D eigenvalue weighted by molar-refractivity contribution is 0.628. The second-order valence-corrected chi connectivity index (χ2v) is 6.84. The summed E-state index contributed by atoms with van der Waals surface area (Å²) in [6.45, 7) is 2.09. The van der Waals surface area contributed by atoms with Crippen molar-refractivity contribution in [2.45, 2.75) is 17.7 Å². The molecule has 0 aliphatic heterocycles. The van der Waals surface area contributed by atoms with E-state index in [1.165, 1.54) is 23.3 Å². The van der Waals surface area contributed by atoms with Crippen LogP contribution in [0.1, 0.15) is 11.1 Å². The van der Waals surface area contributed by atoms with Crippen LogP contribution in [0.3, 0.4) is 0 Å². The number of aromatic nitrogens is 3. The predicted octanol–water partition coefficient (Wildman–Crippen LogP) is 5.14. The number of halogens is 1. The molecule has 0 saturated carbocycles. The number of fused-ring (bicyclic) bond motifs is 1. The lowest BCUT2D eigenvalue weighted by Crippen LogP contribution is -1.91. The largest absolute Gasteiger partial charge is 0.246 e. The molecule has 0 radical (unpaired) electrons. The molecule has 4 aromatic rings. The van der Waals surface area contributed by atoms with Crippen molar-refractivity contribution in [3.8, 4) is 11.3 Å². The Morgan fingerprint density at radius 3 is 2.56 bits per heavy atom. The van der Waals surface area contributed by atoms with Crippen LogP contribution in [-0.4, -0.2) is 14.6 Å². The van der Waals surface area contributed by atoms with Crippen LogP contribution in [0.25, 0.3) is 16.8 Å². The maximum absolute atomic E-state index is 13.1. The number of thioether (sulfide) groups is 1. The molecule has 3 nitrogen and oxygen atoms in total. The van der Waals surface area contributed by atoms with Crippen molar-refractivity contribution in [3.05, 3.63) is 83.9 Å². The highest BCUT2D eigenvalue weighted by molar-refractivity contribution is 7.98. The summed E-state index contributed by atoms with van der Waals surface area (Å²) in [5, 5.41) is 5.51. The highest BCUT2D eigenvalue weighted by atomic mass is 32.2. The van der Waals surface area contributed by atoms with Crippen molar-refractivity contribution in [1.29, 1.82) is 0 Å². The van der Waals surface area contributed by atoms with Gasteiger partial charge in [-0.1, -0.05) is 41.6 Å². The standard InChI is InChI=1S/C20H16FN3S/c1-14-2-4-15(5-3-14)13-25-20-19-12-18(23-24(19)11-10-22-20)16-6-8-17(21)9-7-16/h2-12H,13H2,1H3. The van der Waals surface area contributed by atoms with E-state index in [2.05, 4.69) is 41.3 Å². The predicted molar refractivity (Wildman–Crippen MR) is 99.1 cm³/mol. The second-order valence-electron chi connectivity index (χ2n) is 5.87. The maximum atomic E-state index is 13.1. The first-order valence-corrected chi connectivity index (χ1v) is 8.96. The molecule has 0 spiro atoms. The Morgan fingerprint density at radius 2 is 1.80 bits per heavy atom. The summed E-state index contributed by atoms with van der Waals surface area (Å²) in [5.41, 5.74) is 5.18. The minimum atomic E-state index is -0.247. The first kappa shape index (κ1) is 15.8. The molecule has 0 unspecified atom stereocenters. The minimum absolute atomic E-state index is 0.247. The molecule has 2 heterocycles. The van der Waals surface area contributed by atoms with Crippen LogP contribution in [0.5, 0.6) is 0 Å². The summed E-state index contributed by atoms with van der Waals surface area (Å²) in [6.07, 6.45) is 3.59. The van der Waals surface area contributed by atoms with Crippen LogP contribution >= 0.6 is 11.8 Å². The zero-order chi connectivity index (χ0) is 17.2. The third-order valence-corrected chi connectivity index (χ3v) is 5.06. The third kappa shape index (κ3) is 3.42. The summed E-state index contributed by atoms with van der Waals surface area (Å²) in [7, 11) is 0. The van der Waals surface area contributed by atoms with Gasteiger partial charge in [0.15, 0.2) is 0 Å². The smallest absolute Gasteiger partial charge is 0.123 e. The van der Waals surface area contributed by atoms with Gasteiger partial charge in [-0.15, -0.1) is 0 Å². The summed E-state index contributed by atoms with van der Waals surface area (Å²) in [4.78, 5) is 4.50. The van der Waals surface area contributed by atoms with E-state index in [4.69, 9.17) is 0 Å². The van der Waals surface area contributed by atoms with Crippen molar-refractivity contribution >= 4 is 17.3 Å². The van der Waals surface area contributed by atoms with Gasteiger partial charge in [0.1, 0.15) is 10.8 Å². The van der Waals surface area contributed by atoms with Gasteiger partial charge in [-0.05, 0) is 42.8 Å². The monoisotopic (exact) mass is 349 g/mol. The van der Waals surface area contributed by atoms with Gasteiger partial charge in [0.25, 0.3) is 0 Å². The third-order valence-electron chi connectivity index (χ3n) is 3.99. The Balaban J connectivity index is 1.63. The SMILES string of the molecule is Cc1ccc(CSc2nccn3nc(-c4ccc(F)cc4)cc23)cc1. The molecule has 2 aromatic heterocycles. The molecule has 2 aromatic carbocycles. The quantitative estimate of drug-likeness (QED) is 0.478. The molecule has 0 N–H and O–H groups in total. The Morgan fingerprint density at radius 1 is 1.04 bits per heavy atom. The molecule has 124 valence electrons. The highest BCUT2D eigenvalue weighted by Crippen LogP contribution is 2.28. The molecule has 0 atom stereocenters. The van der Waals surface area contributed by atoms with E-state index < -0.39 is 0 Å². The van der Waals surface area contributed by atoms with Crippen molar-refractivity contribution in [1.82, 2.24) is 14.6 Å². The molecule has 4 rings (SSSR count). The topological polar surface area (TPSA) is 30.2 Å². The van der Waals surface area contributed by atoms with Crippen molar-refractivity contribution in [2.75, 3.05) is 0 Å². The van der Waals surface area contributed by atoms with Gasteiger partial charge in [-0.2, -0.15) is 5.10 Å². The van der Waals surface area contributed by atoms with E-state index in [0.717, 1.165) is 27.6 Å². The number of rotatable bonds is 4. The average molecular weight is 349 g/mol. The Kier molecular flexibility index (Phi) is 4.24. The zero-order valence-corrected chi connectivity index (χ0v) is 14.5. The summed E-state index contributed by atoms with van der Waals surface area (Å²) in [6, 6.07) is 16.9. The van der Waals surface area contributed by atoms with E-state index in [-0.39, 0.29) is 5.82 Å². The highest BCUT2D eigenvalue weighted by Gasteiger charge is 2.10. The van der Waals surface area contributed by atoms with Gasteiger partial charge in [0.05, 0.1) is 11.2 Å². The summed E-state index contributed by atoms with van der Waals surface area (Å²) in [5.74, 6) is 0.604. The van der Waals surface area contributed by atoms with E-state index in [0.29, 0.717) is 0 Å². The Hall–Kier alpha value is -2.66. The second kappa shape index (κ2) is 6.69. The van der Waals surface area contributed by atoms with Gasteiger partial charge < -0.3 is 0 Å². The van der Waals surface area contributed by atoms with Crippen molar-refractivity contribution in [3.63, 3.8) is 0 Å². The van der Waals surface area contributed by atoms with Gasteiger partial charge in [-0.25, -0.2) is 13.9 Å². The maximum Gasteiger partial charge on any atom is 0.123 e.